The smallest absolute Gasteiger partial charge is 0.0920 e. The molecule has 4 heteroatoms. The largest absolute Gasteiger partial charge is 0.385 e. The van der Waals surface area contributed by atoms with Crippen LogP contribution in [0.25, 0.3) is 0 Å². The van der Waals surface area contributed by atoms with E-state index in [1.165, 1.54) is 38.0 Å². The lowest BCUT2D eigenvalue weighted by molar-refractivity contribution is -0.0420. The molecule has 1 N–H and O–H groups in total. The normalized spacial score (nSPS) is 21.6. The molecule has 2 aromatic carbocycles. The van der Waals surface area contributed by atoms with E-state index in [-0.39, 0.29) is 0 Å². The third-order valence-electron chi connectivity index (χ3n) is 6.64. The summed E-state index contributed by atoms with van der Waals surface area (Å²) in [6.07, 6.45) is 5.33. The van der Waals surface area contributed by atoms with Gasteiger partial charge in [-0.2, -0.15) is 0 Å². The van der Waals surface area contributed by atoms with Gasteiger partial charge in [0.05, 0.1) is 5.60 Å². The van der Waals surface area contributed by atoms with Crippen LogP contribution in [0.1, 0.15) is 36.8 Å². The van der Waals surface area contributed by atoms with Crippen molar-refractivity contribution >= 4 is 15.9 Å². The third kappa shape index (κ3) is 4.85. The van der Waals surface area contributed by atoms with Crippen LogP contribution in [0.5, 0.6) is 0 Å². The van der Waals surface area contributed by atoms with Crippen molar-refractivity contribution in [2.45, 2.75) is 43.7 Å². The van der Waals surface area contributed by atoms with Crippen molar-refractivity contribution in [1.82, 2.24) is 9.80 Å². The average molecular weight is 443 g/mol. The fourth-order valence-corrected chi connectivity index (χ4v) is 5.01. The van der Waals surface area contributed by atoms with Gasteiger partial charge in [0.25, 0.3) is 0 Å². The van der Waals surface area contributed by atoms with Crippen molar-refractivity contribution < 1.29 is 5.11 Å². The number of aliphatic hydroxyl groups is 1. The Labute approximate surface area is 177 Å². The Morgan fingerprint density at radius 3 is 2.18 bits per heavy atom. The Kier molecular flexibility index (Phi) is 6.52. The van der Waals surface area contributed by atoms with Crippen LogP contribution in [0.3, 0.4) is 0 Å². The maximum atomic E-state index is 11.1. The molecule has 0 radical (unpaired) electrons. The van der Waals surface area contributed by atoms with Crippen LogP contribution in [-0.4, -0.2) is 53.7 Å². The summed E-state index contributed by atoms with van der Waals surface area (Å²) in [4.78, 5) is 5.24. The van der Waals surface area contributed by atoms with Gasteiger partial charge in [-0.25, -0.2) is 0 Å². The van der Waals surface area contributed by atoms with Gasteiger partial charge in [0.2, 0.25) is 0 Å². The summed E-state index contributed by atoms with van der Waals surface area (Å²) in [6, 6.07) is 19.7. The van der Waals surface area contributed by atoms with Gasteiger partial charge >= 0.3 is 0 Å². The first kappa shape index (κ1) is 20.1. The highest BCUT2D eigenvalue weighted by Crippen LogP contribution is 2.35. The minimum atomic E-state index is -0.659. The van der Waals surface area contributed by atoms with Crippen LogP contribution < -0.4 is 0 Å². The van der Waals surface area contributed by atoms with E-state index in [0.717, 1.165) is 42.4 Å². The standard InChI is InChI=1S/C24H31BrN2O/c25-22-8-6-21(7-9-22)24(28)13-18-27(19-14-24)23-11-16-26(17-12-23)15-10-20-4-2-1-3-5-20/h1-9,23,28H,10-19H2. The van der Waals surface area contributed by atoms with E-state index in [1.807, 2.05) is 12.1 Å². The van der Waals surface area contributed by atoms with Gasteiger partial charge < -0.3 is 14.9 Å². The number of hydrogen-bond donors (Lipinski definition) is 1. The van der Waals surface area contributed by atoms with Gasteiger partial charge in [0, 0.05) is 30.1 Å². The average Bonchev–Trinajstić information content (AvgIpc) is 2.74. The summed E-state index contributed by atoms with van der Waals surface area (Å²) in [5, 5.41) is 11.1. The van der Waals surface area contributed by atoms with Crippen LogP contribution in [0.4, 0.5) is 0 Å². The third-order valence-corrected chi connectivity index (χ3v) is 7.17. The maximum absolute atomic E-state index is 11.1. The first-order chi connectivity index (χ1) is 13.6. The quantitative estimate of drug-likeness (QED) is 0.740. The molecule has 0 bridgehead atoms. The number of rotatable bonds is 5. The van der Waals surface area contributed by atoms with Gasteiger partial charge in [-0.1, -0.05) is 58.4 Å². The number of nitrogens with zero attached hydrogens (tertiary/aromatic N) is 2. The summed E-state index contributed by atoms with van der Waals surface area (Å²) in [5.41, 5.74) is 1.84. The molecule has 0 unspecified atom stereocenters. The number of hydrogen-bond acceptors (Lipinski definition) is 3. The lowest BCUT2D eigenvalue weighted by Gasteiger charge is -2.44. The summed E-state index contributed by atoms with van der Waals surface area (Å²) in [7, 11) is 0. The molecule has 0 amide bonds. The molecule has 150 valence electrons. The van der Waals surface area contributed by atoms with Crippen LogP contribution in [0.2, 0.25) is 0 Å². The van der Waals surface area contributed by atoms with E-state index in [4.69, 9.17) is 0 Å². The second kappa shape index (κ2) is 9.08. The molecule has 2 fully saturated rings. The molecular formula is C24H31BrN2O. The zero-order valence-electron chi connectivity index (χ0n) is 16.6. The second-order valence-electron chi connectivity index (χ2n) is 8.38. The van der Waals surface area contributed by atoms with E-state index in [9.17, 15) is 5.11 Å². The van der Waals surface area contributed by atoms with Crippen LogP contribution >= 0.6 is 15.9 Å². The molecule has 2 aliphatic heterocycles. The summed E-state index contributed by atoms with van der Waals surface area (Å²) in [5.74, 6) is 0. The highest BCUT2D eigenvalue weighted by Gasteiger charge is 2.36. The van der Waals surface area contributed by atoms with Crippen molar-refractivity contribution in [3.8, 4) is 0 Å². The minimum Gasteiger partial charge on any atom is -0.385 e. The molecule has 3 nitrogen and oxygen atoms in total. The van der Waals surface area contributed by atoms with Crippen LogP contribution in [-0.2, 0) is 12.0 Å². The summed E-state index contributed by atoms with van der Waals surface area (Å²) >= 11 is 3.48. The first-order valence-electron chi connectivity index (χ1n) is 10.6. The predicted molar refractivity (Wildman–Crippen MR) is 118 cm³/mol. The Balaban J connectivity index is 1.23. The molecule has 0 atom stereocenters. The van der Waals surface area contributed by atoms with Gasteiger partial charge in [-0.3, -0.25) is 0 Å². The van der Waals surface area contributed by atoms with E-state index in [2.05, 4.69) is 68.2 Å². The first-order valence-corrected chi connectivity index (χ1v) is 11.4. The van der Waals surface area contributed by atoms with E-state index in [0.29, 0.717) is 6.04 Å². The zero-order valence-corrected chi connectivity index (χ0v) is 18.2. The van der Waals surface area contributed by atoms with Crippen molar-refractivity contribution in [2.75, 3.05) is 32.7 Å². The van der Waals surface area contributed by atoms with Crippen LogP contribution in [0.15, 0.2) is 59.1 Å². The Hall–Kier alpha value is -1.20. The monoisotopic (exact) mass is 442 g/mol. The van der Waals surface area contributed by atoms with Gasteiger partial charge in [-0.15, -0.1) is 0 Å². The molecule has 0 saturated carbocycles. The molecule has 2 aliphatic rings. The van der Waals surface area contributed by atoms with Gasteiger partial charge in [0.1, 0.15) is 0 Å². The lowest BCUT2D eigenvalue weighted by atomic mass is 9.83. The SMILES string of the molecule is OC1(c2ccc(Br)cc2)CCN(C2CCN(CCc3ccccc3)CC2)CC1. The number of benzene rings is 2. The van der Waals surface area contributed by atoms with Crippen molar-refractivity contribution in [3.05, 3.63) is 70.2 Å². The molecule has 0 aromatic heterocycles. The Morgan fingerprint density at radius 1 is 0.893 bits per heavy atom. The maximum Gasteiger partial charge on any atom is 0.0920 e. The predicted octanol–water partition coefficient (Wildman–Crippen LogP) is 4.44. The number of halogens is 1. The molecule has 4 rings (SSSR count). The Bertz CT molecular complexity index is 733. The molecule has 2 aromatic rings. The Morgan fingerprint density at radius 2 is 1.54 bits per heavy atom. The summed E-state index contributed by atoms with van der Waals surface area (Å²) < 4.78 is 1.07. The van der Waals surface area contributed by atoms with E-state index < -0.39 is 5.60 Å². The van der Waals surface area contributed by atoms with E-state index >= 15 is 0 Å². The fraction of sp³-hybridized carbons (Fsp3) is 0.500. The minimum absolute atomic E-state index is 0.659. The van der Waals surface area contributed by atoms with E-state index in [1.54, 1.807) is 0 Å². The number of likely N-dealkylation sites (tertiary alicyclic amines) is 2. The second-order valence-corrected chi connectivity index (χ2v) is 9.30. The topological polar surface area (TPSA) is 26.7 Å². The number of piperidine rings is 2. The highest BCUT2D eigenvalue weighted by molar-refractivity contribution is 9.10. The molecular weight excluding hydrogens is 412 g/mol. The lowest BCUT2D eigenvalue weighted by Crippen LogP contribution is -2.50. The van der Waals surface area contributed by atoms with Crippen LogP contribution in [0, 0.1) is 0 Å². The molecule has 0 spiro atoms. The van der Waals surface area contributed by atoms with Gasteiger partial charge in [-0.05, 0) is 68.5 Å². The van der Waals surface area contributed by atoms with Crippen molar-refractivity contribution in [1.29, 1.82) is 0 Å². The van der Waals surface area contributed by atoms with Gasteiger partial charge in [0.15, 0.2) is 0 Å². The molecule has 28 heavy (non-hydrogen) atoms. The zero-order chi connectivity index (χ0) is 19.4. The molecule has 0 aliphatic carbocycles. The molecule has 2 saturated heterocycles. The highest BCUT2D eigenvalue weighted by atomic mass is 79.9. The molecule has 2 heterocycles. The van der Waals surface area contributed by atoms with Crippen molar-refractivity contribution in [3.63, 3.8) is 0 Å². The fourth-order valence-electron chi connectivity index (χ4n) is 4.75. The summed E-state index contributed by atoms with van der Waals surface area (Å²) in [6.45, 7) is 5.57. The van der Waals surface area contributed by atoms with Crippen molar-refractivity contribution in [2.24, 2.45) is 0 Å².